The predicted molar refractivity (Wildman–Crippen MR) is 52.9 cm³/mol. The lowest BCUT2D eigenvalue weighted by atomic mass is 10.2. The fraction of sp³-hybridized carbons (Fsp3) is 0.364. The van der Waals surface area contributed by atoms with E-state index in [-0.39, 0.29) is 6.61 Å². The second kappa shape index (κ2) is 5.55. The van der Waals surface area contributed by atoms with Crippen LogP contribution in [-0.4, -0.2) is 23.6 Å². The van der Waals surface area contributed by atoms with Gasteiger partial charge in [-0.05, 0) is 5.56 Å². The molecule has 0 atom stereocenters. The molecule has 0 bridgehead atoms. The normalized spacial score (nSPS) is 11.2. The Morgan fingerprint density at radius 3 is 2.50 bits per heavy atom. The number of benzene rings is 1. The number of aliphatic hydroxyl groups excluding tert-OH is 1. The fourth-order valence-corrected chi connectivity index (χ4v) is 1.07. The molecule has 16 heavy (non-hydrogen) atoms. The molecule has 0 aliphatic heterocycles. The highest BCUT2D eigenvalue weighted by molar-refractivity contribution is 5.77. The molecular weight excluding hydrogens is 218 g/mol. The SMILES string of the molecule is O=C(OCc1ccccc1)C(F)(F)CCO. The summed E-state index contributed by atoms with van der Waals surface area (Å²) in [6.07, 6.45) is -0.916. The van der Waals surface area contributed by atoms with Crippen LogP contribution in [0, 0.1) is 0 Å². The molecule has 1 aromatic rings. The maximum absolute atomic E-state index is 12.9. The molecule has 0 spiro atoms. The van der Waals surface area contributed by atoms with Gasteiger partial charge in [0.2, 0.25) is 0 Å². The minimum Gasteiger partial charge on any atom is -0.456 e. The van der Waals surface area contributed by atoms with E-state index in [2.05, 4.69) is 4.74 Å². The standard InChI is InChI=1S/C11H12F2O3/c12-11(13,6-7-14)10(15)16-8-9-4-2-1-3-5-9/h1-5,14H,6-8H2. The van der Waals surface area contributed by atoms with Crippen LogP contribution in [0.15, 0.2) is 30.3 Å². The fourth-order valence-electron chi connectivity index (χ4n) is 1.07. The van der Waals surface area contributed by atoms with E-state index in [1.165, 1.54) is 0 Å². The summed E-state index contributed by atoms with van der Waals surface area (Å²) in [5, 5.41) is 8.35. The summed E-state index contributed by atoms with van der Waals surface area (Å²) in [4.78, 5) is 10.9. The van der Waals surface area contributed by atoms with Crippen LogP contribution in [0.1, 0.15) is 12.0 Å². The number of ether oxygens (including phenoxy) is 1. The van der Waals surface area contributed by atoms with Gasteiger partial charge in [0, 0.05) is 13.0 Å². The van der Waals surface area contributed by atoms with Gasteiger partial charge in [-0.15, -0.1) is 0 Å². The summed E-state index contributed by atoms with van der Waals surface area (Å²) in [5.41, 5.74) is 0.635. The Labute approximate surface area is 91.7 Å². The average Bonchev–Trinajstić information content (AvgIpc) is 2.27. The van der Waals surface area contributed by atoms with Gasteiger partial charge in [0.25, 0.3) is 0 Å². The molecule has 0 aliphatic rings. The molecule has 0 heterocycles. The zero-order valence-corrected chi connectivity index (χ0v) is 8.53. The van der Waals surface area contributed by atoms with E-state index in [1.54, 1.807) is 30.3 Å². The van der Waals surface area contributed by atoms with Crippen molar-refractivity contribution in [1.29, 1.82) is 0 Å². The summed E-state index contributed by atoms with van der Waals surface area (Å²) in [6, 6.07) is 8.53. The number of carbonyl (C=O) groups excluding carboxylic acids is 1. The second-order valence-corrected chi connectivity index (χ2v) is 3.24. The number of hydrogen-bond donors (Lipinski definition) is 1. The van der Waals surface area contributed by atoms with Crippen molar-refractivity contribution in [2.45, 2.75) is 19.0 Å². The van der Waals surface area contributed by atoms with E-state index >= 15 is 0 Å². The van der Waals surface area contributed by atoms with Crippen molar-refractivity contribution in [3.05, 3.63) is 35.9 Å². The van der Waals surface area contributed by atoms with Crippen molar-refractivity contribution in [1.82, 2.24) is 0 Å². The monoisotopic (exact) mass is 230 g/mol. The molecular formula is C11H12F2O3. The van der Waals surface area contributed by atoms with Crippen molar-refractivity contribution < 1.29 is 23.4 Å². The van der Waals surface area contributed by atoms with Gasteiger partial charge in [0.05, 0.1) is 0 Å². The lowest BCUT2D eigenvalue weighted by Crippen LogP contribution is -2.31. The van der Waals surface area contributed by atoms with E-state index < -0.39 is 24.9 Å². The Morgan fingerprint density at radius 2 is 1.94 bits per heavy atom. The van der Waals surface area contributed by atoms with Crippen molar-refractivity contribution >= 4 is 5.97 Å². The maximum Gasteiger partial charge on any atom is 0.377 e. The average molecular weight is 230 g/mol. The van der Waals surface area contributed by atoms with E-state index in [0.29, 0.717) is 5.56 Å². The molecule has 0 saturated heterocycles. The van der Waals surface area contributed by atoms with Gasteiger partial charge in [-0.3, -0.25) is 0 Å². The molecule has 0 unspecified atom stereocenters. The van der Waals surface area contributed by atoms with Crippen LogP contribution in [-0.2, 0) is 16.1 Å². The molecule has 0 saturated carbocycles. The van der Waals surface area contributed by atoms with Gasteiger partial charge in [-0.25, -0.2) is 4.79 Å². The minimum absolute atomic E-state index is 0.194. The van der Waals surface area contributed by atoms with Gasteiger partial charge in [-0.1, -0.05) is 30.3 Å². The lowest BCUT2D eigenvalue weighted by Gasteiger charge is -2.13. The van der Waals surface area contributed by atoms with E-state index in [4.69, 9.17) is 5.11 Å². The molecule has 0 fully saturated rings. The highest BCUT2D eigenvalue weighted by Crippen LogP contribution is 2.20. The van der Waals surface area contributed by atoms with Crippen LogP contribution >= 0.6 is 0 Å². The first-order chi connectivity index (χ1) is 7.56. The highest BCUT2D eigenvalue weighted by atomic mass is 19.3. The zero-order chi connectivity index (χ0) is 12.0. The molecule has 0 radical (unpaired) electrons. The summed E-state index contributed by atoms with van der Waals surface area (Å²) < 4.78 is 30.2. The summed E-state index contributed by atoms with van der Waals surface area (Å²) in [6.45, 7) is -0.950. The number of esters is 1. The van der Waals surface area contributed by atoms with Gasteiger partial charge >= 0.3 is 11.9 Å². The summed E-state index contributed by atoms with van der Waals surface area (Å²) >= 11 is 0. The predicted octanol–water partition coefficient (Wildman–Crippen LogP) is 1.75. The smallest absolute Gasteiger partial charge is 0.377 e. The van der Waals surface area contributed by atoms with Crippen LogP contribution in [0.2, 0.25) is 0 Å². The highest BCUT2D eigenvalue weighted by Gasteiger charge is 2.39. The summed E-state index contributed by atoms with van der Waals surface area (Å²) in [5.74, 6) is -5.23. The quantitative estimate of drug-likeness (QED) is 0.784. The molecule has 1 aromatic carbocycles. The van der Waals surface area contributed by atoms with Crippen molar-refractivity contribution in [3.8, 4) is 0 Å². The van der Waals surface area contributed by atoms with Gasteiger partial charge in [0.1, 0.15) is 6.61 Å². The van der Waals surface area contributed by atoms with Crippen molar-refractivity contribution in [2.75, 3.05) is 6.61 Å². The molecule has 0 amide bonds. The van der Waals surface area contributed by atoms with Gasteiger partial charge in [-0.2, -0.15) is 8.78 Å². The van der Waals surface area contributed by atoms with Crippen LogP contribution in [0.4, 0.5) is 8.78 Å². The van der Waals surface area contributed by atoms with Crippen LogP contribution in [0.3, 0.4) is 0 Å². The first kappa shape index (κ1) is 12.6. The Bertz CT molecular complexity index is 338. The molecule has 0 aliphatic carbocycles. The third-order valence-corrected chi connectivity index (χ3v) is 1.94. The van der Waals surface area contributed by atoms with E-state index in [0.717, 1.165) is 0 Å². The molecule has 0 aromatic heterocycles. The molecule has 5 heteroatoms. The van der Waals surface area contributed by atoms with Crippen molar-refractivity contribution in [2.24, 2.45) is 0 Å². The first-order valence-corrected chi connectivity index (χ1v) is 4.76. The third-order valence-electron chi connectivity index (χ3n) is 1.94. The van der Waals surface area contributed by atoms with Gasteiger partial charge in [0.15, 0.2) is 0 Å². The largest absolute Gasteiger partial charge is 0.456 e. The molecule has 1 rings (SSSR count). The van der Waals surface area contributed by atoms with Gasteiger partial charge < -0.3 is 9.84 Å². The lowest BCUT2D eigenvalue weighted by molar-refractivity contribution is -0.175. The Morgan fingerprint density at radius 1 is 1.31 bits per heavy atom. The topological polar surface area (TPSA) is 46.5 Å². The molecule has 1 N–H and O–H groups in total. The summed E-state index contributed by atoms with van der Waals surface area (Å²) in [7, 11) is 0. The molecule has 3 nitrogen and oxygen atoms in total. The van der Waals surface area contributed by atoms with Crippen molar-refractivity contribution in [3.63, 3.8) is 0 Å². The number of aliphatic hydroxyl groups is 1. The Balaban J connectivity index is 2.47. The third kappa shape index (κ3) is 3.58. The Kier molecular flexibility index (Phi) is 4.37. The molecule has 88 valence electrons. The second-order valence-electron chi connectivity index (χ2n) is 3.24. The number of alkyl halides is 2. The number of halogens is 2. The number of rotatable bonds is 5. The number of hydrogen-bond acceptors (Lipinski definition) is 3. The van der Waals surface area contributed by atoms with Crippen LogP contribution in [0.25, 0.3) is 0 Å². The van der Waals surface area contributed by atoms with E-state index in [9.17, 15) is 13.6 Å². The first-order valence-electron chi connectivity index (χ1n) is 4.76. The van der Waals surface area contributed by atoms with E-state index in [1.807, 2.05) is 0 Å². The Hall–Kier alpha value is -1.49. The van der Waals surface area contributed by atoms with Crippen LogP contribution in [0.5, 0.6) is 0 Å². The number of carbonyl (C=O) groups is 1. The maximum atomic E-state index is 12.9. The van der Waals surface area contributed by atoms with Crippen LogP contribution < -0.4 is 0 Å². The minimum atomic E-state index is -3.62. The zero-order valence-electron chi connectivity index (χ0n) is 8.53.